The Kier molecular flexibility index (Phi) is 4.65. The van der Waals surface area contributed by atoms with Gasteiger partial charge in [-0.25, -0.2) is 0 Å². The van der Waals surface area contributed by atoms with Crippen molar-refractivity contribution in [2.45, 2.75) is 38.1 Å². The first-order valence-electron chi connectivity index (χ1n) is 7.69. The van der Waals surface area contributed by atoms with Crippen LogP contribution >= 0.6 is 0 Å². The van der Waals surface area contributed by atoms with Crippen LogP contribution < -0.4 is 10.6 Å². The Morgan fingerprint density at radius 3 is 2.65 bits per heavy atom. The highest BCUT2D eigenvalue weighted by molar-refractivity contribution is 5.92. The highest BCUT2D eigenvalue weighted by Gasteiger charge is 2.22. The van der Waals surface area contributed by atoms with Gasteiger partial charge < -0.3 is 15.2 Å². The number of anilines is 1. The lowest BCUT2D eigenvalue weighted by molar-refractivity contribution is -0.115. The third-order valence-electron chi connectivity index (χ3n) is 3.73. The van der Waals surface area contributed by atoms with Crippen molar-refractivity contribution < 1.29 is 14.1 Å². The number of hydrogen-bond acceptors (Lipinski definition) is 5. The molecule has 1 aliphatic rings. The number of nitrogens with zero attached hydrogens (tertiary/aromatic N) is 2. The topological polar surface area (TPSA) is 97.1 Å². The van der Waals surface area contributed by atoms with Crippen molar-refractivity contribution in [1.82, 2.24) is 15.5 Å². The van der Waals surface area contributed by atoms with Gasteiger partial charge in [-0.2, -0.15) is 4.98 Å². The molecule has 0 atom stereocenters. The van der Waals surface area contributed by atoms with Gasteiger partial charge in [-0.15, -0.1) is 0 Å². The minimum Gasteiger partial charge on any atom is -0.345 e. The van der Waals surface area contributed by atoms with Gasteiger partial charge in [0.15, 0.2) is 5.82 Å². The molecule has 1 aromatic heterocycles. The molecule has 0 aliphatic heterocycles. The van der Waals surface area contributed by atoms with Crippen molar-refractivity contribution in [2.75, 3.05) is 5.32 Å². The van der Waals surface area contributed by atoms with E-state index < -0.39 is 0 Å². The zero-order valence-corrected chi connectivity index (χ0v) is 12.6. The van der Waals surface area contributed by atoms with Gasteiger partial charge in [0.2, 0.25) is 5.91 Å². The minimum atomic E-state index is -0.376. The summed E-state index contributed by atoms with van der Waals surface area (Å²) in [5.41, 5.74) is 0.695. The van der Waals surface area contributed by atoms with Gasteiger partial charge in [-0.3, -0.25) is 9.59 Å². The molecule has 2 N–H and O–H groups in total. The number of aromatic nitrogens is 2. The maximum atomic E-state index is 12.0. The lowest BCUT2D eigenvalue weighted by Crippen LogP contribution is -2.32. The molecule has 0 radical (unpaired) electrons. The number of carbonyl (C=O) groups is 2. The Labute approximate surface area is 133 Å². The van der Waals surface area contributed by atoms with Crippen LogP contribution in [-0.4, -0.2) is 28.0 Å². The fraction of sp³-hybridized carbons (Fsp3) is 0.375. The number of para-hydroxylation sites is 1. The Balaban J connectivity index is 1.54. The molecular formula is C16H18N4O3. The average Bonchev–Trinajstić information content (AvgIpc) is 3.20. The summed E-state index contributed by atoms with van der Waals surface area (Å²) in [6, 6.07) is 9.28. The van der Waals surface area contributed by atoms with Crippen molar-refractivity contribution in [3.8, 4) is 0 Å². The van der Waals surface area contributed by atoms with Gasteiger partial charge in [-0.1, -0.05) is 36.2 Å². The third kappa shape index (κ3) is 4.15. The van der Waals surface area contributed by atoms with Crippen LogP contribution in [0.4, 0.5) is 5.69 Å². The zero-order chi connectivity index (χ0) is 16.1. The molecule has 1 fully saturated rings. The average molecular weight is 314 g/mol. The van der Waals surface area contributed by atoms with Crippen molar-refractivity contribution in [3.63, 3.8) is 0 Å². The van der Waals surface area contributed by atoms with E-state index in [9.17, 15) is 9.59 Å². The number of rotatable bonds is 5. The molecule has 7 nitrogen and oxygen atoms in total. The molecule has 0 saturated heterocycles. The normalized spacial score (nSPS) is 14.6. The summed E-state index contributed by atoms with van der Waals surface area (Å²) in [7, 11) is 0. The van der Waals surface area contributed by atoms with E-state index in [0.717, 1.165) is 25.7 Å². The molecule has 3 rings (SSSR count). The van der Waals surface area contributed by atoms with Crippen LogP contribution in [0.25, 0.3) is 0 Å². The van der Waals surface area contributed by atoms with Crippen LogP contribution in [0.15, 0.2) is 34.9 Å². The molecule has 2 amide bonds. The maximum absolute atomic E-state index is 12.0. The second-order valence-corrected chi connectivity index (χ2v) is 5.56. The predicted octanol–water partition coefficient (Wildman–Crippen LogP) is 1.92. The fourth-order valence-corrected chi connectivity index (χ4v) is 2.61. The van der Waals surface area contributed by atoms with E-state index in [1.807, 2.05) is 18.2 Å². The van der Waals surface area contributed by atoms with Crippen LogP contribution in [0.3, 0.4) is 0 Å². The molecule has 7 heteroatoms. The van der Waals surface area contributed by atoms with E-state index in [1.165, 1.54) is 0 Å². The van der Waals surface area contributed by atoms with Crippen molar-refractivity contribution >= 4 is 17.5 Å². The number of hydrogen-bond donors (Lipinski definition) is 2. The Morgan fingerprint density at radius 1 is 1.17 bits per heavy atom. The fourth-order valence-electron chi connectivity index (χ4n) is 2.61. The second kappa shape index (κ2) is 7.04. The van der Waals surface area contributed by atoms with Crippen LogP contribution in [0, 0.1) is 0 Å². The van der Waals surface area contributed by atoms with Crippen LogP contribution in [-0.2, 0) is 11.2 Å². The lowest BCUT2D eigenvalue weighted by atomic mass is 10.2. The van der Waals surface area contributed by atoms with Gasteiger partial charge in [0.1, 0.15) is 0 Å². The lowest BCUT2D eigenvalue weighted by Gasteiger charge is -2.08. The van der Waals surface area contributed by atoms with Crippen molar-refractivity contribution in [3.05, 3.63) is 42.0 Å². The van der Waals surface area contributed by atoms with Gasteiger partial charge in [0, 0.05) is 11.7 Å². The van der Waals surface area contributed by atoms with E-state index in [1.54, 1.807) is 12.1 Å². The smallest absolute Gasteiger partial charge is 0.315 e. The molecule has 0 bridgehead atoms. The summed E-state index contributed by atoms with van der Waals surface area (Å²) >= 11 is 0. The zero-order valence-electron chi connectivity index (χ0n) is 12.6. The molecule has 120 valence electrons. The van der Waals surface area contributed by atoms with E-state index in [0.29, 0.717) is 5.69 Å². The quantitative estimate of drug-likeness (QED) is 0.879. The molecule has 23 heavy (non-hydrogen) atoms. The SMILES string of the molecule is O=C(Cc1noc(C(=O)NC2CCCC2)n1)Nc1ccccc1. The molecule has 1 aromatic carbocycles. The number of amides is 2. The van der Waals surface area contributed by atoms with E-state index in [2.05, 4.69) is 20.8 Å². The minimum absolute atomic E-state index is 0.0465. The summed E-state index contributed by atoms with van der Waals surface area (Å²) in [6.07, 6.45) is 4.16. The summed E-state index contributed by atoms with van der Waals surface area (Å²) in [5, 5.41) is 9.28. The highest BCUT2D eigenvalue weighted by Crippen LogP contribution is 2.18. The summed E-state index contributed by atoms with van der Waals surface area (Å²) < 4.78 is 4.93. The first-order valence-corrected chi connectivity index (χ1v) is 7.69. The largest absolute Gasteiger partial charge is 0.345 e. The number of nitrogens with one attached hydrogen (secondary N) is 2. The monoisotopic (exact) mass is 314 g/mol. The molecule has 1 heterocycles. The molecule has 2 aromatic rings. The Bertz CT molecular complexity index is 678. The van der Waals surface area contributed by atoms with Crippen LogP contribution in [0.5, 0.6) is 0 Å². The Morgan fingerprint density at radius 2 is 1.91 bits per heavy atom. The maximum Gasteiger partial charge on any atom is 0.315 e. The Hall–Kier alpha value is -2.70. The summed E-state index contributed by atoms with van der Waals surface area (Å²) in [4.78, 5) is 27.9. The molecule has 1 aliphatic carbocycles. The number of carbonyl (C=O) groups excluding carboxylic acids is 2. The van der Waals surface area contributed by atoms with Crippen molar-refractivity contribution in [1.29, 1.82) is 0 Å². The predicted molar refractivity (Wildman–Crippen MR) is 82.8 cm³/mol. The third-order valence-corrected chi connectivity index (χ3v) is 3.73. The van der Waals surface area contributed by atoms with Gasteiger partial charge in [0.05, 0.1) is 6.42 Å². The second-order valence-electron chi connectivity index (χ2n) is 5.56. The van der Waals surface area contributed by atoms with E-state index >= 15 is 0 Å². The summed E-state index contributed by atoms with van der Waals surface area (Å²) in [6.45, 7) is 0. The van der Waals surface area contributed by atoms with Crippen LogP contribution in [0.2, 0.25) is 0 Å². The van der Waals surface area contributed by atoms with Gasteiger partial charge >= 0.3 is 11.8 Å². The van der Waals surface area contributed by atoms with Crippen LogP contribution in [0.1, 0.15) is 42.2 Å². The van der Waals surface area contributed by atoms with E-state index in [4.69, 9.17) is 4.52 Å². The molecule has 0 spiro atoms. The van der Waals surface area contributed by atoms with E-state index in [-0.39, 0.29) is 36.0 Å². The number of benzene rings is 1. The first-order chi connectivity index (χ1) is 11.2. The van der Waals surface area contributed by atoms with Gasteiger partial charge in [0.25, 0.3) is 0 Å². The van der Waals surface area contributed by atoms with Crippen molar-refractivity contribution in [2.24, 2.45) is 0 Å². The molecular weight excluding hydrogens is 296 g/mol. The summed E-state index contributed by atoms with van der Waals surface area (Å²) in [5.74, 6) is -0.548. The molecule has 1 saturated carbocycles. The van der Waals surface area contributed by atoms with Gasteiger partial charge in [-0.05, 0) is 25.0 Å². The highest BCUT2D eigenvalue weighted by atomic mass is 16.5. The molecule has 0 unspecified atom stereocenters. The standard InChI is InChI=1S/C16H18N4O3/c21-14(17-11-6-2-1-3-7-11)10-13-19-16(23-20-13)15(22)18-12-8-4-5-9-12/h1-3,6-7,12H,4-5,8-10H2,(H,17,21)(H,18,22). The first kappa shape index (κ1) is 15.2.